The maximum Gasteiger partial charge on any atom is 0.269 e. The van der Waals surface area contributed by atoms with Crippen molar-refractivity contribution < 1.29 is 9.59 Å². The summed E-state index contributed by atoms with van der Waals surface area (Å²) in [4.78, 5) is 37.1. The number of hydrogen-bond acceptors (Lipinski definition) is 6. The zero-order valence-electron chi connectivity index (χ0n) is 15.5. The Morgan fingerprint density at radius 2 is 2.07 bits per heavy atom. The predicted molar refractivity (Wildman–Crippen MR) is 99.9 cm³/mol. The van der Waals surface area contributed by atoms with Crippen LogP contribution in [-0.2, 0) is 4.79 Å². The van der Waals surface area contributed by atoms with Crippen molar-refractivity contribution in [1.82, 2.24) is 19.7 Å². The number of hydrogen-bond donors (Lipinski definition) is 1. The van der Waals surface area contributed by atoms with Gasteiger partial charge in [0, 0.05) is 19.3 Å². The zero-order chi connectivity index (χ0) is 19.1. The van der Waals surface area contributed by atoms with Gasteiger partial charge in [0.05, 0.1) is 6.20 Å². The molecule has 2 aromatic rings. The molecule has 0 radical (unpaired) electrons. The van der Waals surface area contributed by atoms with E-state index in [-0.39, 0.29) is 17.6 Å². The molecule has 9 heteroatoms. The zero-order valence-corrected chi connectivity index (χ0v) is 15.5. The molecule has 1 unspecified atom stereocenters. The largest absolute Gasteiger partial charge is 0.364 e. The van der Waals surface area contributed by atoms with Gasteiger partial charge in [0.25, 0.3) is 11.9 Å². The molecule has 4 rings (SSSR count). The molecule has 2 aromatic heterocycles. The molecule has 1 aliphatic heterocycles. The molecule has 3 heterocycles. The second-order valence-electron chi connectivity index (χ2n) is 7.06. The Balaban J connectivity index is 1.81. The molecule has 0 aromatic carbocycles. The van der Waals surface area contributed by atoms with Crippen molar-refractivity contribution in [2.45, 2.75) is 51.1 Å². The van der Waals surface area contributed by atoms with Crippen LogP contribution < -0.4 is 15.5 Å². The van der Waals surface area contributed by atoms with E-state index < -0.39 is 5.91 Å². The number of nitrogens with two attached hydrogens (primary N) is 1. The molecule has 0 spiro atoms. The lowest BCUT2D eigenvalue weighted by Gasteiger charge is -2.43. The Bertz CT molecular complexity index is 888. The van der Waals surface area contributed by atoms with E-state index in [1.807, 2.05) is 6.92 Å². The summed E-state index contributed by atoms with van der Waals surface area (Å²) < 4.78 is 1.44. The predicted octanol–water partition coefficient (Wildman–Crippen LogP) is 1.27. The van der Waals surface area contributed by atoms with Gasteiger partial charge >= 0.3 is 0 Å². The topological polar surface area (TPSA) is 110 Å². The summed E-state index contributed by atoms with van der Waals surface area (Å²) in [6.45, 7) is 2.03. The Morgan fingerprint density at radius 1 is 1.33 bits per heavy atom. The van der Waals surface area contributed by atoms with E-state index in [2.05, 4.69) is 15.0 Å². The van der Waals surface area contributed by atoms with E-state index in [9.17, 15) is 9.59 Å². The van der Waals surface area contributed by atoms with Crippen LogP contribution in [0.1, 0.15) is 49.5 Å². The molecule has 2 amide bonds. The first-order valence-corrected chi connectivity index (χ1v) is 9.30. The van der Waals surface area contributed by atoms with Gasteiger partial charge in [0.2, 0.25) is 5.91 Å². The minimum atomic E-state index is -0.601. The van der Waals surface area contributed by atoms with Gasteiger partial charge in [-0.25, -0.2) is 9.67 Å². The minimum absolute atomic E-state index is 0.0725. The average molecular weight is 369 g/mol. The first-order chi connectivity index (χ1) is 13.0. The Kier molecular flexibility index (Phi) is 4.29. The van der Waals surface area contributed by atoms with Crippen LogP contribution in [0.3, 0.4) is 0 Å². The number of aromatic nitrogens is 4. The molecule has 1 fully saturated rings. The van der Waals surface area contributed by atoms with Gasteiger partial charge in [-0.05, 0) is 25.3 Å². The number of fused-ring (bicyclic) bond motifs is 1. The van der Waals surface area contributed by atoms with Crippen LogP contribution in [0.4, 0.5) is 11.5 Å². The highest BCUT2D eigenvalue weighted by Crippen LogP contribution is 2.39. The smallest absolute Gasteiger partial charge is 0.269 e. The van der Waals surface area contributed by atoms with E-state index in [1.54, 1.807) is 24.3 Å². The third kappa shape index (κ3) is 2.83. The standard InChI is InChI=1S/C18H23N7O2/c1-3-13-17(27)23(2)14-10-20-18(24-9-8-12(22-24)15(19)26)21-16(14)25(13)11-6-4-5-7-11/h8-11,13H,3-7H2,1-2H3,(H2,19,26). The van der Waals surface area contributed by atoms with E-state index in [0.717, 1.165) is 31.5 Å². The van der Waals surface area contributed by atoms with Gasteiger partial charge in [-0.3, -0.25) is 9.59 Å². The fraction of sp³-hybridized carbons (Fsp3) is 0.500. The van der Waals surface area contributed by atoms with E-state index in [1.165, 1.54) is 10.7 Å². The SMILES string of the molecule is CCC1C(=O)N(C)c2cnc(-n3ccc(C(N)=O)n3)nc2N1C1CCCC1. The lowest BCUT2D eigenvalue weighted by molar-refractivity contribution is -0.120. The third-order valence-electron chi connectivity index (χ3n) is 5.45. The molecule has 27 heavy (non-hydrogen) atoms. The van der Waals surface area contributed by atoms with Crippen molar-refractivity contribution in [3.8, 4) is 5.95 Å². The van der Waals surface area contributed by atoms with Gasteiger partial charge in [-0.2, -0.15) is 10.1 Å². The number of primary amides is 1. The average Bonchev–Trinajstić information content (AvgIpc) is 3.35. The van der Waals surface area contributed by atoms with Crippen LogP contribution in [0, 0.1) is 0 Å². The number of amides is 2. The minimum Gasteiger partial charge on any atom is -0.364 e. The molecule has 1 aliphatic carbocycles. The number of rotatable bonds is 4. The van der Waals surface area contributed by atoms with Crippen LogP contribution >= 0.6 is 0 Å². The van der Waals surface area contributed by atoms with Gasteiger partial charge in [-0.1, -0.05) is 19.8 Å². The normalized spacial score (nSPS) is 20.2. The van der Waals surface area contributed by atoms with Crippen LogP contribution in [0.25, 0.3) is 5.95 Å². The highest BCUT2D eigenvalue weighted by Gasteiger charge is 2.41. The third-order valence-corrected chi connectivity index (χ3v) is 5.45. The van der Waals surface area contributed by atoms with Crippen molar-refractivity contribution in [3.63, 3.8) is 0 Å². The number of nitrogens with zero attached hydrogens (tertiary/aromatic N) is 6. The number of anilines is 2. The molecule has 2 N–H and O–H groups in total. The molecule has 2 aliphatic rings. The van der Waals surface area contributed by atoms with E-state index in [0.29, 0.717) is 24.1 Å². The summed E-state index contributed by atoms with van der Waals surface area (Å²) in [7, 11) is 1.76. The Morgan fingerprint density at radius 3 is 2.70 bits per heavy atom. The van der Waals surface area contributed by atoms with Crippen LogP contribution in [0.5, 0.6) is 0 Å². The van der Waals surface area contributed by atoms with E-state index in [4.69, 9.17) is 10.7 Å². The molecule has 1 atom stereocenters. The second kappa shape index (κ2) is 6.64. The Hall–Kier alpha value is -2.97. The van der Waals surface area contributed by atoms with Gasteiger partial charge in [0.1, 0.15) is 17.4 Å². The molecule has 9 nitrogen and oxygen atoms in total. The van der Waals surface area contributed by atoms with Crippen molar-refractivity contribution >= 4 is 23.3 Å². The fourth-order valence-electron chi connectivity index (χ4n) is 4.05. The maximum atomic E-state index is 12.9. The van der Waals surface area contributed by atoms with Crippen LogP contribution in [0.15, 0.2) is 18.5 Å². The van der Waals surface area contributed by atoms with E-state index >= 15 is 0 Å². The first-order valence-electron chi connectivity index (χ1n) is 9.30. The molecular formula is C18H23N7O2. The lowest BCUT2D eigenvalue weighted by Crippen LogP contribution is -2.55. The van der Waals surface area contributed by atoms with Crippen molar-refractivity contribution in [2.75, 3.05) is 16.8 Å². The lowest BCUT2D eigenvalue weighted by atomic mass is 10.0. The van der Waals surface area contributed by atoms with Crippen LogP contribution in [-0.4, -0.2) is 50.7 Å². The summed E-state index contributed by atoms with van der Waals surface area (Å²) in [5.41, 5.74) is 6.13. The number of carbonyl (C=O) groups is 2. The van der Waals surface area contributed by atoms with Gasteiger partial charge in [-0.15, -0.1) is 0 Å². The molecule has 0 saturated heterocycles. The summed E-state index contributed by atoms with van der Waals surface area (Å²) in [5, 5.41) is 4.14. The first kappa shape index (κ1) is 17.4. The molecule has 142 valence electrons. The maximum absolute atomic E-state index is 12.9. The monoisotopic (exact) mass is 369 g/mol. The number of likely N-dealkylation sites (N-methyl/N-ethyl adjacent to an activating group) is 1. The number of carbonyl (C=O) groups excluding carboxylic acids is 2. The molecule has 1 saturated carbocycles. The quantitative estimate of drug-likeness (QED) is 0.869. The van der Waals surface area contributed by atoms with Crippen LogP contribution in [0.2, 0.25) is 0 Å². The summed E-state index contributed by atoms with van der Waals surface area (Å²) in [6.07, 6.45) is 8.41. The van der Waals surface area contributed by atoms with Crippen molar-refractivity contribution in [2.24, 2.45) is 5.73 Å². The van der Waals surface area contributed by atoms with Gasteiger partial charge in [0.15, 0.2) is 5.82 Å². The Labute approximate surface area is 157 Å². The van der Waals surface area contributed by atoms with Crippen molar-refractivity contribution in [3.05, 3.63) is 24.2 Å². The van der Waals surface area contributed by atoms with Crippen molar-refractivity contribution in [1.29, 1.82) is 0 Å². The summed E-state index contributed by atoms with van der Waals surface area (Å²) in [5.74, 6) is 0.567. The second-order valence-corrected chi connectivity index (χ2v) is 7.06. The summed E-state index contributed by atoms with van der Waals surface area (Å²) in [6, 6.07) is 1.60. The highest BCUT2D eigenvalue weighted by molar-refractivity contribution is 6.04. The van der Waals surface area contributed by atoms with Gasteiger partial charge < -0.3 is 15.5 Å². The molecular weight excluding hydrogens is 346 g/mol. The molecule has 0 bridgehead atoms. The fourth-order valence-corrected chi connectivity index (χ4v) is 4.05. The summed E-state index contributed by atoms with van der Waals surface area (Å²) >= 11 is 0. The highest BCUT2D eigenvalue weighted by atomic mass is 16.2.